The Morgan fingerprint density at radius 3 is 1.29 bits per heavy atom. The van der Waals surface area contributed by atoms with Gasteiger partial charge in [0.05, 0.1) is 6.16 Å². The fourth-order valence-electron chi connectivity index (χ4n) is 4.77. The van der Waals surface area contributed by atoms with E-state index in [0.29, 0.717) is 0 Å². The second-order valence-corrected chi connectivity index (χ2v) is 12.5. The first-order valence-electron chi connectivity index (χ1n) is 10.4. The van der Waals surface area contributed by atoms with Crippen molar-refractivity contribution in [1.29, 1.82) is 0 Å². The topological polar surface area (TPSA) is 0 Å². The average Bonchev–Trinajstić information content (AvgIpc) is 2.80. The Hall–Kier alpha value is -1.18. The summed E-state index contributed by atoms with van der Waals surface area (Å²) >= 11 is 2.58. The van der Waals surface area contributed by atoms with Gasteiger partial charge >= 0.3 is 0 Å². The summed E-state index contributed by atoms with van der Waals surface area (Å²) in [6, 6.07) is 34.1. The van der Waals surface area contributed by atoms with Gasteiger partial charge in [-0.25, -0.2) is 0 Å². The maximum absolute atomic E-state index is 2.58. The van der Waals surface area contributed by atoms with E-state index in [1.165, 1.54) is 52.2 Å². The van der Waals surface area contributed by atoms with Gasteiger partial charge in [0.1, 0.15) is 23.2 Å². The van der Waals surface area contributed by atoms with Gasteiger partial charge in [0.25, 0.3) is 0 Å². The molecule has 28 heavy (non-hydrogen) atoms. The minimum atomic E-state index is -1.65. The van der Waals surface area contributed by atoms with Gasteiger partial charge in [-0.2, -0.15) is 0 Å². The molecule has 0 spiro atoms. The van der Waals surface area contributed by atoms with Crippen LogP contribution < -0.4 is 15.9 Å². The highest BCUT2D eigenvalue weighted by molar-refractivity contribution is 14.1. The van der Waals surface area contributed by atoms with Crippen molar-refractivity contribution in [1.82, 2.24) is 0 Å². The molecule has 0 nitrogen and oxygen atoms in total. The Morgan fingerprint density at radius 2 is 0.929 bits per heavy atom. The number of alkyl halides is 1. The van der Waals surface area contributed by atoms with Gasteiger partial charge in [-0.05, 0) is 73.9 Å². The van der Waals surface area contributed by atoms with Gasteiger partial charge in [-0.15, -0.1) is 0 Å². The molecule has 0 aliphatic heterocycles. The average molecular weight is 499 g/mol. The largest absolute Gasteiger partial charge is 0.112 e. The van der Waals surface area contributed by atoms with E-state index < -0.39 is 7.26 Å². The summed E-state index contributed by atoms with van der Waals surface area (Å²) < 4.78 is 1.32. The van der Waals surface area contributed by atoms with Crippen molar-refractivity contribution < 1.29 is 0 Å². The number of rotatable bonds is 6. The molecule has 1 aliphatic rings. The lowest BCUT2D eigenvalue weighted by Crippen LogP contribution is -2.36. The summed E-state index contributed by atoms with van der Waals surface area (Å²) in [6.45, 7) is 0. The lowest BCUT2D eigenvalue weighted by atomic mass is 9.84. The van der Waals surface area contributed by atoms with Crippen LogP contribution in [0.25, 0.3) is 0 Å². The molecule has 1 fully saturated rings. The molecule has 0 amide bonds. The zero-order valence-electron chi connectivity index (χ0n) is 16.4. The van der Waals surface area contributed by atoms with Crippen LogP contribution in [-0.2, 0) is 0 Å². The van der Waals surface area contributed by atoms with Crippen LogP contribution >= 0.6 is 29.9 Å². The second kappa shape index (κ2) is 9.55. The molecule has 1 aliphatic carbocycles. The van der Waals surface area contributed by atoms with Gasteiger partial charge in [-0.1, -0.05) is 77.2 Å². The number of hydrogen-bond donors (Lipinski definition) is 0. The summed E-state index contributed by atoms with van der Waals surface area (Å²) in [5.74, 6) is 1.77. The van der Waals surface area contributed by atoms with Crippen molar-refractivity contribution in [2.75, 3.05) is 10.6 Å². The number of halogens is 1. The molecule has 0 saturated heterocycles. The summed E-state index contributed by atoms with van der Waals surface area (Å²) in [7, 11) is -1.65. The number of benzene rings is 3. The fraction of sp³-hybridized carbons (Fsp3) is 0.308. The van der Waals surface area contributed by atoms with E-state index in [0.717, 1.165) is 11.8 Å². The molecular weight excluding hydrogens is 470 g/mol. The Bertz CT molecular complexity index is 743. The zero-order valence-corrected chi connectivity index (χ0v) is 19.4. The lowest BCUT2D eigenvalue weighted by Gasteiger charge is -2.34. The molecule has 0 aromatic heterocycles. The van der Waals surface area contributed by atoms with E-state index in [2.05, 4.69) is 114 Å². The van der Waals surface area contributed by atoms with Crippen LogP contribution in [0, 0.1) is 11.8 Å². The fourth-order valence-corrected chi connectivity index (χ4v) is 10.4. The molecule has 2 heteroatoms. The van der Waals surface area contributed by atoms with Crippen LogP contribution in [-0.4, -0.2) is 10.6 Å². The first kappa shape index (κ1) is 20.1. The van der Waals surface area contributed by atoms with Crippen molar-refractivity contribution in [3.63, 3.8) is 0 Å². The quantitative estimate of drug-likeness (QED) is 0.215. The minimum absolute atomic E-state index is 0.827. The molecule has 4 rings (SSSR count). The molecule has 3 aromatic rings. The summed E-state index contributed by atoms with van der Waals surface area (Å²) in [6.07, 6.45) is 6.90. The lowest BCUT2D eigenvalue weighted by molar-refractivity contribution is 0.317. The van der Waals surface area contributed by atoms with Crippen molar-refractivity contribution in [3.05, 3.63) is 91.0 Å². The van der Waals surface area contributed by atoms with E-state index >= 15 is 0 Å². The van der Waals surface area contributed by atoms with Crippen LogP contribution in [0.15, 0.2) is 91.0 Å². The van der Waals surface area contributed by atoms with Crippen molar-refractivity contribution in [3.8, 4) is 0 Å². The highest BCUT2D eigenvalue weighted by Gasteiger charge is 2.47. The Labute approximate surface area is 184 Å². The standard InChI is InChI=1S/C26H29IP/c27-20-22-16-18-23(19-17-22)21-28(24-10-4-1-5-11-24,25-12-6-2-7-13-25)26-14-8-3-9-15-26/h1-15,22-23H,16-21H2/q+1. The highest BCUT2D eigenvalue weighted by Crippen LogP contribution is 2.58. The Morgan fingerprint density at radius 1 is 0.571 bits per heavy atom. The molecule has 0 radical (unpaired) electrons. The molecule has 1 saturated carbocycles. The van der Waals surface area contributed by atoms with Crippen LogP contribution in [0.3, 0.4) is 0 Å². The molecule has 0 atom stereocenters. The van der Waals surface area contributed by atoms with Gasteiger partial charge in [0.15, 0.2) is 0 Å². The molecule has 0 N–H and O–H groups in total. The van der Waals surface area contributed by atoms with Crippen molar-refractivity contribution in [2.45, 2.75) is 25.7 Å². The molecule has 144 valence electrons. The monoisotopic (exact) mass is 499 g/mol. The molecule has 0 heterocycles. The summed E-state index contributed by atoms with van der Waals surface area (Å²) in [5.41, 5.74) is 0. The van der Waals surface area contributed by atoms with Crippen LogP contribution in [0.4, 0.5) is 0 Å². The van der Waals surface area contributed by atoms with Crippen molar-refractivity contribution in [2.24, 2.45) is 11.8 Å². The SMILES string of the molecule is ICC1CCC(C[P+](c2ccccc2)(c2ccccc2)c2ccccc2)CC1. The highest BCUT2D eigenvalue weighted by atomic mass is 127. The van der Waals surface area contributed by atoms with Gasteiger partial charge < -0.3 is 0 Å². The minimum Gasteiger partial charge on any atom is -0.0861 e. The predicted molar refractivity (Wildman–Crippen MR) is 134 cm³/mol. The second-order valence-electron chi connectivity index (χ2n) is 8.04. The van der Waals surface area contributed by atoms with Gasteiger partial charge in [-0.3, -0.25) is 0 Å². The first-order valence-corrected chi connectivity index (χ1v) is 13.9. The van der Waals surface area contributed by atoms with E-state index in [1.807, 2.05) is 0 Å². The normalized spacial score (nSPS) is 20.0. The number of hydrogen-bond acceptors (Lipinski definition) is 0. The summed E-state index contributed by atoms with van der Waals surface area (Å²) in [4.78, 5) is 0. The van der Waals surface area contributed by atoms with Crippen molar-refractivity contribution >= 4 is 45.8 Å². The molecular formula is C26H29IP+. The van der Waals surface area contributed by atoms with Crippen LogP contribution in [0.5, 0.6) is 0 Å². The first-order chi connectivity index (χ1) is 13.8. The van der Waals surface area contributed by atoms with Gasteiger partial charge in [0.2, 0.25) is 0 Å². The third kappa shape index (κ3) is 4.21. The van der Waals surface area contributed by atoms with Gasteiger partial charge in [0, 0.05) is 4.43 Å². The van der Waals surface area contributed by atoms with Crippen LogP contribution in [0.2, 0.25) is 0 Å². The molecule has 0 bridgehead atoms. The van der Waals surface area contributed by atoms with E-state index in [4.69, 9.17) is 0 Å². The third-order valence-electron chi connectivity index (χ3n) is 6.31. The van der Waals surface area contributed by atoms with E-state index in [9.17, 15) is 0 Å². The summed E-state index contributed by atoms with van der Waals surface area (Å²) in [5, 5.41) is 4.59. The van der Waals surface area contributed by atoms with Crippen LogP contribution in [0.1, 0.15) is 25.7 Å². The van der Waals surface area contributed by atoms with E-state index in [-0.39, 0.29) is 0 Å². The molecule has 3 aromatic carbocycles. The molecule has 0 unspecified atom stereocenters. The zero-order chi connectivity index (χ0) is 19.2. The maximum Gasteiger partial charge on any atom is 0.112 e. The smallest absolute Gasteiger partial charge is 0.0861 e. The Kier molecular flexibility index (Phi) is 6.86. The maximum atomic E-state index is 2.58. The Balaban J connectivity index is 1.82. The predicted octanol–water partition coefficient (Wildman–Crippen LogP) is 6.22. The van der Waals surface area contributed by atoms with E-state index in [1.54, 1.807) is 0 Å². The third-order valence-corrected chi connectivity index (χ3v) is 12.2.